The fourth-order valence-corrected chi connectivity index (χ4v) is 4.80. The topological polar surface area (TPSA) is 79.9 Å². The molecule has 2 N–H and O–H groups in total. The summed E-state index contributed by atoms with van der Waals surface area (Å²) in [6.45, 7) is 8.50. The maximum atomic E-state index is 13.4. The van der Waals surface area contributed by atoms with Crippen molar-refractivity contribution >= 4 is 23.2 Å². The van der Waals surface area contributed by atoms with Crippen LogP contribution in [0.4, 0.5) is 11.4 Å². The second-order valence-corrected chi connectivity index (χ2v) is 9.42. The number of amides is 2. The van der Waals surface area contributed by atoms with Crippen LogP contribution in [0.2, 0.25) is 0 Å². The Morgan fingerprint density at radius 2 is 1.81 bits per heavy atom. The number of carbonyl (C=O) groups excluding carboxylic acids is 2. The van der Waals surface area contributed by atoms with Gasteiger partial charge >= 0.3 is 0 Å². The van der Waals surface area contributed by atoms with Gasteiger partial charge in [0.25, 0.3) is 5.91 Å². The summed E-state index contributed by atoms with van der Waals surface area (Å²) in [6.07, 6.45) is 1.63. The van der Waals surface area contributed by atoms with Crippen molar-refractivity contribution in [2.75, 3.05) is 24.3 Å². The van der Waals surface area contributed by atoms with Gasteiger partial charge in [-0.1, -0.05) is 31.5 Å². The average molecular weight is 502 g/mol. The molecular formula is C30H35N3O4. The zero-order valence-electron chi connectivity index (χ0n) is 22.2. The molecule has 1 aliphatic heterocycles. The van der Waals surface area contributed by atoms with E-state index in [-0.39, 0.29) is 18.0 Å². The summed E-state index contributed by atoms with van der Waals surface area (Å²) >= 11 is 0. The Morgan fingerprint density at radius 3 is 2.49 bits per heavy atom. The molecule has 0 bridgehead atoms. The molecule has 0 saturated carbocycles. The predicted octanol–water partition coefficient (Wildman–Crippen LogP) is 6.22. The van der Waals surface area contributed by atoms with Crippen LogP contribution < -0.4 is 20.1 Å². The van der Waals surface area contributed by atoms with E-state index in [4.69, 9.17) is 9.47 Å². The number of hydrogen-bond acceptors (Lipinski definition) is 5. The lowest BCUT2D eigenvalue weighted by atomic mass is 10.0. The lowest BCUT2D eigenvalue weighted by Gasteiger charge is -2.38. The molecule has 0 aliphatic carbocycles. The Hall–Kier alpha value is -4.00. The number of fused-ring (bicyclic) bond motifs is 1. The van der Waals surface area contributed by atoms with E-state index in [9.17, 15) is 9.59 Å². The molecule has 7 nitrogen and oxygen atoms in total. The van der Waals surface area contributed by atoms with Crippen LogP contribution in [0.15, 0.2) is 54.6 Å². The van der Waals surface area contributed by atoms with E-state index in [1.165, 1.54) is 6.92 Å². The van der Waals surface area contributed by atoms with E-state index < -0.39 is 0 Å². The average Bonchev–Trinajstić information content (AvgIpc) is 2.87. The Balaban J connectivity index is 1.63. The van der Waals surface area contributed by atoms with Crippen molar-refractivity contribution in [1.82, 2.24) is 4.90 Å². The number of benzene rings is 3. The zero-order chi connectivity index (χ0) is 26.5. The summed E-state index contributed by atoms with van der Waals surface area (Å²) in [5.41, 5.74) is 5.99. The highest BCUT2D eigenvalue weighted by Gasteiger charge is 2.32. The van der Waals surface area contributed by atoms with Crippen molar-refractivity contribution < 1.29 is 19.1 Å². The molecule has 3 aromatic rings. The zero-order valence-corrected chi connectivity index (χ0v) is 22.2. The van der Waals surface area contributed by atoms with Gasteiger partial charge in [-0.05, 0) is 73.4 Å². The van der Waals surface area contributed by atoms with E-state index in [1.807, 2.05) is 73.3 Å². The largest absolute Gasteiger partial charge is 0.496 e. The van der Waals surface area contributed by atoms with Crippen molar-refractivity contribution in [3.05, 3.63) is 82.4 Å². The van der Waals surface area contributed by atoms with Crippen LogP contribution in [-0.4, -0.2) is 30.4 Å². The van der Waals surface area contributed by atoms with Crippen LogP contribution in [0.5, 0.6) is 11.5 Å². The molecule has 4 rings (SSSR count). The number of unbranched alkanes of at least 4 members (excludes halogenated alkanes) is 1. The van der Waals surface area contributed by atoms with Crippen LogP contribution in [0.25, 0.3) is 0 Å². The second kappa shape index (κ2) is 11.4. The molecule has 1 heterocycles. The number of rotatable bonds is 9. The summed E-state index contributed by atoms with van der Waals surface area (Å²) in [4.78, 5) is 26.8. The maximum absolute atomic E-state index is 13.4. The predicted molar refractivity (Wildman–Crippen MR) is 146 cm³/mol. The third-order valence-corrected chi connectivity index (χ3v) is 6.55. The molecule has 0 spiro atoms. The summed E-state index contributed by atoms with van der Waals surface area (Å²) in [6, 6.07) is 17.4. The molecule has 1 aliphatic rings. The Morgan fingerprint density at radius 1 is 1.08 bits per heavy atom. The molecule has 0 fully saturated rings. The van der Waals surface area contributed by atoms with Crippen LogP contribution in [-0.2, 0) is 11.4 Å². The standard InChI is InChI=1S/C30H35N3O4/c1-6-7-14-33-29(32-26-11-9-8-10-25(26)30(33)35)22-12-13-27(36-5)23(17-22)18-37-28-19(2)15-24(16-20(28)3)31-21(4)34/h8-13,15-17,29,32H,6-7,14,18H2,1-5H3,(H,31,34). The molecular weight excluding hydrogens is 466 g/mol. The van der Waals surface area contributed by atoms with Gasteiger partial charge in [0, 0.05) is 30.4 Å². The number of carbonyl (C=O) groups is 2. The molecule has 194 valence electrons. The van der Waals surface area contributed by atoms with Gasteiger partial charge in [-0.2, -0.15) is 0 Å². The number of aryl methyl sites for hydroxylation is 2. The van der Waals surface area contributed by atoms with Gasteiger partial charge in [0.1, 0.15) is 24.3 Å². The number of nitrogens with zero attached hydrogens (tertiary/aromatic N) is 1. The van der Waals surface area contributed by atoms with Crippen molar-refractivity contribution in [2.45, 2.75) is 53.3 Å². The fraction of sp³-hybridized carbons (Fsp3) is 0.333. The third-order valence-electron chi connectivity index (χ3n) is 6.55. The minimum Gasteiger partial charge on any atom is -0.496 e. The number of ether oxygens (including phenoxy) is 2. The summed E-state index contributed by atoms with van der Waals surface area (Å²) in [5.74, 6) is 1.41. The van der Waals surface area contributed by atoms with Gasteiger partial charge in [-0.25, -0.2) is 0 Å². The SMILES string of the molecule is CCCCN1C(=O)c2ccccc2NC1c1ccc(OC)c(COc2c(C)cc(NC(C)=O)cc2C)c1. The van der Waals surface area contributed by atoms with Crippen LogP contribution >= 0.6 is 0 Å². The van der Waals surface area contributed by atoms with Gasteiger partial charge in [0.15, 0.2) is 0 Å². The number of hydrogen-bond donors (Lipinski definition) is 2. The van der Waals surface area contributed by atoms with Gasteiger partial charge in [0.05, 0.1) is 12.7 Å². The molecule has 1 unspecified atom stereocenters. The minimum atomic E-state index is -0.293. The van der Waals surface area contributed by atoms with E-state index in [2.05, 4.69) is 17.6 Å². The Kier molecular flexibility index (Phi) is 8.01. The van der Waals surface area contributed by atoms with Crippen molar-refractivity contribution in [1.29, 1.82) is 0 Å². The number of anilines is 2. The number of nitrogens with one attached hydrogen (secondary N) is 2. The smallest absolute Gasteiger partial charge is 0.257 e. The first-order valence-corrected chi connectivity index (χ1v) is 12.7. The van der Waals surface area contributed by atoms with Crippen LogP contribution in [0, 0.1) is 13.8 Å². The van der Waals surface area contributed by atoms with E-state index >= 15 is 0 Å². The molecule has 37 heavy (non-hydrogen) atoms. The van der Waals surface area contributed by atoms with Crippen molar-refractivity contribution in [2.24, 2.45) is 0 Å². The van der Waals surface area contributed by atoms with Gasteiger partial charge < -0.3 is 25.0 Å². The molecule has 0 aromatic heterocycles. The highest BCUT2D eigenvalue weighted by Crippen LogP contribution is 2.36. The van der Waals surface area contributed by atoms with E-state index in [0.29, 0.717) is 18.7 Å². The van der Waals surface area contributed by atoms with Gasteiger partial charge in [0.2, 0.25) is 5.91 Å². The quantitative estimate of drug-likeness (QED) is 0.364. The van der Waals surface area contributed by atoms with Crippen LogP contribution in [0.1, 0.15) is 65.5 Å². The second-order valence-electron chi connectivity index (χ2n) is 9.42. The summed E-state index contributed by atoms with van der Waals surface area (Å²) in [7, 11) is 1.64. The molecule has 2 amide bonds. The first-order valence-electron chi connectivity index (χ1n) is 12.7. The van der Waals surface area contributed by atoms with Crippen molar-refractivity contribution in [3.63, 3.8) is 0 Å². The van der Waals surface area contributed by atoms with Gasteiger partial charge in [-0.3, -0.25) is 9.59 Å². The highest BCUT2D eigenvalue weighted by molar-refractivity contribution is 6.01. The number of para-hydroxylation sites is 1. The van der Waals surface area contributed by atoms with E-state index in [0.717, 1.165) is 58.0 Å². The minimum absolute atomic E-state index is 0.0342. The fourth-order valence-electron chi connectivity index (χ4n) is 4.80. The Labute approximate surface area is 218 Å². The molecule has 0 saturated heterocycles. The molecule has 3 aromatic carbocycles. The van der Waals surface area contributed by atoms with Gasteiger partial charge in [-0.15, -0.1) is 0 Å². The summed E-state index contributed by atoms with van der Waals surface area (Å²) in [5, 5.41) is 6.40. The van der Waals surface area contributed by atoms with Crippen LogP contribution in [0.3, 0.4) is 0 Å². The summed E-state index contributed by atoms with van der Waals surface area (Å²) < 4.78 is 11.9. The monoisotopic (exact) mass is 501 g/mol. The Bertz CT molecular complexity index is 1280. The molecule has 0 radical (unpaired) electrons. The van der Waals surface area contributed by atoms with Crippen molar-refractivity contribution in [3.8, 4) is 11.5 Å². The lowest BCUT2D eigenvalue weighted by molar-refractivity contribution is -0.114. The maximum Gasteiger partial charge on any atom is 0.257 e. The molecule has 7 heteroatoms. The lowest BCUT2D eigenvalue weighted by Crippen LogP contribution is -2.43. The molecule has 1 atom stereocenters. The first-order chi connectivity index (χ1) is 17.8. The van der Waals surface area contributed by atoms with E-state index in [1.54, 1.807) is 7.11 Å². The normalized spacial score (nSPS) is 14.6. The third kappa shape index (κ3) is 5.71. The number of methoxy groups -OCH3 is 1. The highest BCUT2D eigenvalue weighted by atomic mass is 16.5. The first kappa shape index (κ1) is 26.1.